The summed E-state index contributed by atoms with van der Waals surface area (Å²) in [5.41, 5.74) is 4.01. The van der Waals surface area contributed by atoms with Crippen LogP contribution in [0.4, 0.5) is 0 Å². The lowest BCUT2D eigenvalue weighted by Crippen LogP contribution is -2.23. The quantitative estimate of drug-likeness (QED) is 0.764. The maximum Gasteiger partial charge on any atom is 0.113 e. The zero-order valence-corrected chi connectivity index (χ0v) is 12.6. The average Bonchev–Trinajstić information content (AvgIpc) is 2.49. The highest BCUT2D eigenvalue weighted by molar-refractivity contribution is 5.79. The van der Waals surface area contributed by atoms with Gasteiger partial charge in [0.25, 0.3) is 0 Å². The number of rotatable bonds is 2. The molecule has 0 fully saturated rings. The molecule has 3 rings (SSSR count). The molecule has 1 atom stereocenters. The van der Waals surface area contributed by atoms with Gasteiger partial charge in [-0.15, -0.1) is 0 Å². The summed E-state index contributed by atoms with van der Waals surface area (Å²) in [4.78, 5) is 4.45. The summed E-state index contributed by atoms with van der Waals surface area (Å²) in [5, 5.41) is 12.0. The van der Waals surface area contributed by atoms with Crippen molar-refractivity contribution in [2.45, 2.75) is 26.4 Å². The SMILES string of the molecule is Cc1ccc(C(C)(O)c2cnc3ccccc3c2)cc1C. The van der Waals surface area contributed by atoms with Gasteiger partial charge in [0.05, 0.1) is 5.52 Å². The van der Waals surface area contributed by atoms with Crippen molar-refractivity contribution in [2.75, 3.05) is 0 Å². The topological polar surface area (TPSA) is 33.1 Å². The van der Waals surface area contributed by atoms with Gasteiger partial charge in [0, 0.05) is 17.1 Å². The van der Waals surface area contributed by atoms with Crippen molar-refractivity contribution in [1.29, 1.82) is 0 Å². The first-order valence-corrected chi connectivity index (χ1v) is 7.14. The lowest BCUT2D eigenvalue weighted by molar-refractivity contribution is 0.102. The van der Waals surface area contributed by atoms with E-state index < -0.39 is 5.60 Å². The zero-order valence-electron chi connectivity index (χ0n) is 12.6. The first kappa shape index (κ1) is 13.8. The van der Waals surface area contributed by atoms with Crippen LogP contribution >= 0.6 is 0 Å². The van der Waals surface area contributed by atoms with Crippen LogP contribution in [0.2, 0.25) is 0 Å². The van der Waals surface area contributed by atoms with Gasteiger partial charge in [0.1, 0.15) is 5.60 Å². The van der Waals surface area contributed by atoms with E-state index in [1.807, 2.05) is 55.5 Å². The summed E-state index contributed by atoms with van der Waals surface area (Å²) >= 11 is 0. The average molecular weight is 277 g/mol. The van der Waals surface area contributed by atoms with Crippen LogP contribution < -0.4 is 0 Å². The van der Waals surface area contributed by atoms with Crippen LogP contribution in [0.5, 0.6) is 0 Å². The molecule has 0 saturated heterocycles. The molecule has 21 heavy (non-hydrogen) atoms. The van der Waals surface area contributed by atoms with Crippen LogP contribution in [0.25, 0.3) is 10.9 Å². The van der Waals surface area contributed by atoms with Crippen molar-refractivity contribution in [3.8, 4) is 0 Å². The molecule has 1 unspecified atom stereocenters. The van der Waals surface area contributed by atoms with Crippen molar-refractivity contribution in [2.24, 2.45) is 0 Å². The molecular weight excluding hydrogens is 258 g/mol. The molecule has 0 aliphatic rings. The minimum atomic E-state index is -1.05. The second kappa shape index (κ2) is 4.97. The number of hydrogen-bond acceptors (Lipinski definition) is 2. The van der Waals surface area contributed by atoms with E-state index >= 15 is 0 Å². The first-order chi connectivity index (χ1) is 9.98. The lowest BCUT2D eigenvalue weighted by atomic mass is 9.87. The van der Waals surface area contributed by atoms with E-state index in [1.54, 1.807) is 6.20 Å². The summed E-state index contributed by atoms with van der Waals surface area (Å²) in [5.74, 6) is 0. The summed E-state index contributed by atoms with van der Waals surface area (Å²) in [6.45, 7) is 5.96. The van der Waals surface area contributed by atoms with Crippen LogP contribution in [0.3, 0.4) is 0 Å². The molecule has 1 aromatic heterocycles. The van der Waals surface area contributed by atoms with Crippen molar-refractivity contribution in [3.05, 3.63) is 77.0 Å². The molecule has 2 nitrogen and oxygen atoms in total. The third-order valence-electron chi connectivity index (χ3n) is 4.22. The highest BCUT2D eigenvalue weighted by atomic mass is 16.3. The van der Waals surface area contributed by atoms with Crippen molar-refractivity contribution >= 4 is 10.9 Å². The summed E-state index contributed by atoms with van der Waals surface area (Å²) in [6, 6.07) is 16.0. The van der Waals surface area contributed by atoms with E-state index in [-0.39, 0.29) is 0 Å². The third-order valence-corrected chi connectivity index (χ3v) is 4.22. The molecular formula is C19H19NO. The summed E-state index contributed by atoms with van der Waals surface area (Å²) in [6.07, 6.45) is 1.76. The monoisotopic (exact) mass is 277 g/mol. The van der Waals surface area contributed by atoms with Crippen molar-refractivity contribution < 1.29 is 5.11 Å². The van der Waals surface area contributed by atoms with Gasteiger partial charge in [-0.25, -0.2) is 0 Å². The molecule has 1 heterocycles. The fourth-order valence-corrected chi connectivity index (χ4v) is 2.55. The van der Waals surface area contributed by atoms with Gasteiger partial charge in [-0.1, -0.05) is 36.4 Å². The number of aromatic nitrogens is 1. The molecule has 0 radical (unpaired) electrons. The highest BCUT2D eigenvalue weighted by Crippen LogP contribution is 2.31. The van der Waals surface area contributed by atoms with Gasteiger partial charge in [-0.05, 0) is 49.6 Å². The van der Waals surface area contributed by atoms with Crippen LogP contribution in [-0.2, 0) is 5.60 Å². The van der Waals surface area contributed by atoms with E-state index in [9.17, 15) is 5.11 Å². The van der Waals surface area contributed by atoms with E-state index in [0.717, 1.165) is 22.0 Å². The number of aliphatic hydroxyl groups is 1. The molecule has 1 N–H and O–H groups in total. The summed E-state index contributed by atoms with van der Waals surface area (Å²) in [7, 11) is 0. The van der Waals surface area contributed by atoms with Gasteiger partial charge in [0.15, 0.2) is 0 Å². The normalized spacial score (nSPS) is 14.1. The number of fused-ring (bicyclic) bond motifs is 1. The Bertz CT molecular complexity index is 806. The Balaban J connectivity index is 2.12. The number of para-hydroxylation sites is 1. The molecule has 0 bridgehead atoms. The molecule has 2 heteroatoms. The van der Waals surface area contributed by atoms with Gasteiger partial charge in [0.2, 0.25) is 0 Å². The Hall–Kier alpha value is -2.19. The number of hydrogen-bond donors (Lipinski definition) is 1. The van der Waals surface area contributed by atoms with Crippen molar-refractivity contribution in [1.82, 2.24) is 4.98 Å². The fourth-order valence-electron chi connectivity index (χ4n) is 2.55. The minimum Gasteiger partial charge on any atom is -0.381 e. The van der Waals surface area contributed by atoms with Gasteiger partial charge < -0.3 is 5.11 Å². The number of pyridine rings is 1. The Labute approximate surface area is 125 Å². The number of benzene rings is 2. The molecule has 0 aliphatic heterocycles. The fraction of sp³-hybridized carbons (Fsp3) is 0.211. The zero-order chi connectivity index (χ0) is 15.0. The van der Waals surface area contributed by atoms with E-state index in [1.165, 1.54) is 11.1 Å². The Kier molecular flexibility index (Phi) is 3.26. The van der Waals surface area contributed by atoms with E-state index in [4.69, 9.17) is 0 Å². The van der Waals surface area contributed by atoms with Crippen LogP contribution in [0.15, 0.2) is 54.7 Å². The Morgan fingerprint density at radius 1 is 0.905 bits per heavy atom. The minimum absolute atomic E-state index is 0.810. The molecule has 2 aromatic carbocycles. The lowest BCUT2D eigenvalue weighted by Gasteiger charge is -2.25. The molecule has 106 valence electrons. The number of aryl methyl sites for hydroxylation is 2. The van der Waals surface area contributed by atoms with Crippen LogP contribution in [0.1, 0.15) is 29.2 Å². The Morgan fingerprint density at radius 3 is 2.43 bits per heavy atom. The molecule has 3 aromatic rings. The maximum atomic E-state index is 11.0. The van der Waals surface area contributed by atoms with Gasteiger partial charge >= 0.3 is 0 Å². The second-order valence-electron chi connectivity index (χ2n) is 5.79. The molecule has 0 amide bonds. The molecule has 0 saturated carbocycles. The first-order valence-electron chi connectivity index (χ1n) is 7.14. The van der Waals surface area contributed by atoms with Gasteiger partial charge in [-0.3, -0.25) is 4.98 Å². The number of nitrogens with zero attached hydrogens (tertiary/aromatic N) is 1. The molecule has 0 spiro atoms. The van der Waals surface area contributed by atoms with Crippen LogP contribution in [0, 0.1) is 13.8 Å². The van der Waals surface area contributed by atoms with E-state index in [2.05, 4.69) is 18.8 Å². The van der Waals surface area contributed by atoms with E-state index in [0.29, 0.717) is 0 Å². The largest absolute Gasteiger partial charge is 0.381 e. The van der Waals surface area contributed by atoms with Crippen molar-refractivity contribution in [3.63, 3.8) is 0 Å². The molecule has 0 aliphatic carbocycles. The standard InChI is InChI=1S/C19H19NO/c1-13-8-9-16(10-14(13)2)19(3,21)17-11-15-6-4-5-7-18(15)20-12-17/h4-12,21H,1-3H3. The smallest absolute Gasteiger partial charge is 0.113 e. The third kappa shape index (κ3) is 2.43. The second-order valence-corrected chi connectivity index (χ2v) is 5.79. The predicted octanol–water partition coefficient (Wildman–Crippen LogP) is 4.11. The Morgan fingerprint density at radius 2 is 1.67 bits per heavy atom. The summed E-state index contributed by atoms with van der Waals surface area (Å²) < 4.78 is 0. The maximum absolute atomic E-state index is 11.0. The predicted molar refractivity (Wildman–Crippen MR) is 86.3 cm³/mol. The van der Waals surface area contributed by atoms with Crippen LogP contribution in [-0.4, -0.2) is 10.1 Å². The highest BCUT2D eigenvalue weighted by Gasteiger charge is 2.26. The van der Waals surface area contributed by atoms with Gasteiger partial charge in [-0.2, -0.15) is 0 Å².